The molecule has 0 radical (unpaired) electrons. The van der Waals surface area contributed by atoms with Crippen molar-refractivity contribution in [1.29, 1.82) is 0 Å². The zero-order valence-electron chi connectivity index (χ0n) is 17.1. The molecule has 0 bridgehead atoms. The van der Waals surface area contributed by atoms with Crippen LogP contribution in [-0.4, -0.2) is 24.3 Å². The SMILES string of the molecule is CC1(C)OB(C(F)=C2CC3(C2)CC(C(=O)OCc2ccccc2)C3)OC1(C)C. The topological polar surface area (TPSA) is 44.8 Å². The fourth-order valence-corrected chi connectivity index (χ4v) is 4.42. The third-order valence-electron chi connectivity index (χ3n) is 6.89. The number of carbonyl (C=O) groups excluding carboxylic acids is 1. The lowest BCUT2D eigenvalue weighted by atomic mass is 9.49. The van der Waals surface area contributed by atoms with Gasteiger partial charge in [0.15, 0.2) is 0 Å². The maximum Gasteiger partial charge on any atom is 0.525 e. The normalized spacial score (nSPS) is 30.0. The van der Waals surface area contributed by atoms with Gasteiger partial charge in [-0.1, -0.05) is 30.3 Å². The van der Waals surface area contributed by atoms with Crippen molar-refractivity contribution in [3.8, 4) is 0 Å². The quantitative estimate of drug-likeness (QED) is 0.552. The van der Waals surface area contributed by atoms with Crippen LogP contribution in [0, 0.1) is 11.3 Å². The van der Waals surface area contributed by atoms with E-state index in [1.807, 2.05) is 58.0 Å². The van der Waals surface area contributed by atoms with E-state index < -0.39 is 18.3 Å². The molecule has 1 aromatic rings. The largest absolute Gasteiger partial charge is 0.525 e. The number of hydrogen-bond acceptors (Lipinski definition) is 4. The second kappa shape index (κ2) is 6.70. The standard InChI is InChI=1S/C22H28BFO4/c1-20(2)21(3,4)28-23(27-20)18(24)16-10-22(11-16)12-17(13-22)19(25)26-14-15-8-6-5-7-9-15/h5-9,17H,10-14H2,1-4H3. The Balaban J connectivity index is 1.27. The molecule has 28 heavy (non-hydrogen) atoms. The molecular weight excluding hydrogens is 358 g/mol. The van der Waals surface area contributed by atoms with Gasteiger partial charge in [0.05, 0.1) is 17.1 Å². The molecule has 1 spiro atoms. The lowest BCUT2D eigenvalue weighted by molar-refractivity contribution is -0.160. The Bertz CT molecular complexity index is 770. The first-order valence-corrected chi connectivity index (χ1v) is 10.0. The number of carbonyl (C=O) groups is 1. The van der Waals surface area contributed by atoms with Crippen molar-refractivity contribution in [3.05, 3.63) is 47.2 Å². The van der Waals surface area contributed by atoms with Crippen LogP contribution in [0.3, 0.4) is 0 Å². The van der Waals surface area contributed by atoms with Crippen LogP contribution < -0.4 is 0 Å². The molecule has 150 valence electrons. The van der Waals surface area contributed by atoms with Crippen molar-refractivity contribution in [3.63, 3.8) is 0 Å². The van der Waals surface area contributed by atoms with E-state index in [0.29, 0.717) is 19.4 Å². The Morgan fingerprint density at radius 2 is 1.68 bits per heavy atom. The summed E-state index contributed by atoms with van der Waals surface area (Å²) < 4.78 is 31.9. The Kier molecular flexibility index (Phi) is 4.70. The molecule has 0 N–H and O–H groups in total. The highest BCUT2D eigenvalue weighted by molar-refractivity contribution is 6.53. The van der Waals surface area contributed by atoms with Crippen molar-refractivity contribution >= 4 is 13.1 Å². The molecule has 1 saturated heterocycles. The molecule has 2 saturated carbocycles. The summed E-state index contributed by atoms with van der Waals surface area (Å²) in [7, 11) is -0.913. The van der Waals surface area contributed by atoms with Gasteiger partial charge >= 0.3 is 13.1 Å². The van der Waals surface area contributed by atoms with Gasteiger partial charge in [0.25, 0.3) is 0 Å². The van der Waals surface area contributed by atoms with Crippen molar-refractivity contribution in [1.82, 2.24) is 0 Å². The highest BCUT2D eigenvalue weighted by Gasteiger charge is 2.58. The average molecular weight is 386 g/mol. The Labute approximate surface area is 166 Å². The van der Waals surface area contributed by atoms with E-state index in [0.717, 1.165) is 24.0 Å². The molecule has 1 heterocycles. The van der Waals surface area contributed by atoms with Crippen LogP contribution >= 0.6 is 0 Å². The number of ether oxygens (including phenoxy) is 1. The minimum atomic E-state index is -0.913. The second-order valence-electron chi connectivity index (χ2n) is 9.59. The fourth-order valence-electron chi connectivity index (χ4n) is 4.42. The molecule has 0 unspecified atom stereocenters. The lowest BCUT2D eigenvalue weighted by Crippen LogP contribution is -2.48. The van der Waals surface area contributed by atoms with Crippen LogP contribution in [-0.2, 0) is 25.4 Å². The van der Waals surface area contributed by atoms with Crippen LogP contribution in [0.5, 0.6) is 0 Å². The maximum atomic E-state index is 14.8. The van der Waals surface area contributed by atoms with Gasteiger partial charge in [-0.3, -0.25) is 4.79 Å². The first kappa shape index (κ1) is 19.7. The monoisotopic (exact) mass is 386 g/mol. The Hall–Kier alpha value is -1.66. The summed E-state index contributed by atoms with van der Waals surface area (Å²) in [6.07, 6.45) is 2.93. The second-order valence-corrected chi connectivity index (χ2v) is 9.59. The summed E-state index contributed by atoms with van der Waals surface area (Å²) >= 11 is 0. The predicted octanol–water partition coefficient (Wildman–Crippen LogP) is 4.78. The van der Waals surface area contributed by atoms with Gasteiger partial charge in [-0.05, 0) is 69.9 Å². The van der Waals surface area contributed by atoms with E-state index >= 15 is 0 Å². The molecular formula is C22H28BFO4. The van der Waals surface area contributed by atoms with Crippen LogP contribution in [0.15, 0.2) is 41.6 Å². The Morgan fingerprint density at radius 3 is 2.25 bits per heavy atom. The molecule has 3 fully saturated rings. The van der Waals surface area contributed by atoms with E-state index in [1.165, 1.54) is 0 Å². The fraction of sp³-hybridized carbons (Fsp3) is 0.591. The highest BCUT2D eigenvalue weighted by Crippen LogP contribution is 2.62. The molecule has 0 atom stereocenters. The molecule has 0 aromatic heterocycles. The maximum absolute atomic E-state index is 14.8. The van der Waals surface area contributed by atoms with E-state index in [4.69, 9.17) is 14.0 Å². The molecule has 4 rings (SSSR count). The summed E-state index contributed by atoms with van der Waals surface area (Å²) in [4.78, 5) is 12.2. The number of allylic oxidation sites excluding steroid dienone is 1. The van der Waals surface area contributed by atoms with Gasteiger partial charge < -0.3 is 14.0 Å². The summed E-state index contributed by atoms with van der Waals surface area (Å²) in [5.41, 5.74) is 0.465. The molecule has 6 heteroatoms. The predicted molar refractivity (Wildman–Crippen MR) is 105 cm³/mol. The van der Waals surface area contributed by atoms with Gasteiger partial charge in [0.1, 0.15) is 12.3 Å². The van der Waals surface area contributed by atoms with Crippen molar-refractivity contribution < 1.29 is 23.2 Å². The van der Waals surface area contributed by atoms with Gasteiger partial charge in [-0.25, -0.2) is 4.39 Å². The number of hydrogen-bond donors (Lipinski definition) is 0. The zero-order valence-corrected chi connectivity index (χ0v) is 17.1. The van der Waals surface area contributed by atoms with Gasteiger partial charge in [-0.15, -0.1) is 0 Å². The van der Waals surface area contributed by atoms with Crippen LogP contribution in [0.4, 0.5) is 4.39 Å². The summed E-state index contributed by atoms with van der Waals surface area (Å²) in [5, 5.41) is 0. The average Bonchev–Trinajstić information content (AvgIpc) is 2.79. The minimum absolute atomic E-state index is 0.0622. The van der Waals surface area contributed by atoms with Crippen LogP contribution in [0.1, 0.15) is 58.9 Å². The number of halogens is 1. The molecule has 4 nitrogen and oxygen atoms in total. The molecule has 0 amide bonds. The molecule has 2 aliphatic carbocycles. The summed E-state index contributed by atoms with van der Waals surface area (Å²) in [6.45, 7) is 8.00. The van der Waals surface area contributed by atoms with Crippen LogP contribution in [0.25, 0.3) is 0 Å². The van der Waals surface area contributed by atoms with Crippen molar-refractivity contribution in [2.75, 3.05) is 0 Å². The third kappa shape index (κ3) is 3.41. The molecule has 1 aliphatic heterocycles. The first-order valence-electron chi connectivity index (χ1n) is 10.0. The number of benzene rings is 1. The smallest absolute Gasteiger partial charge is 0.461 e. The van der Waals surface area contributed by atoms with Gasteiger partial charge in [0, 0.05) is 0 Å². The lowest BCUT2D eigenvalue weighted by Gasteiger charge is -2.54. The minimum Gasteiger partial charge on any atom is -0.461 e. The van der Waals surface area contributed by atoms with E-state index in [2.05, 4.69) is 0 Å². The van der Waals surface area contributed by atoms with Crippen molar-refractivity contribution in [2.45, 2.75) is 71.2 Å². The van der Waals surface area contributed by atoms with Crippen molar-refractivity contribution in [2.24, 2.45) is 11.3 Å². The van der Waals surface area contributed by atoms with Gasteiger partial charge in [0.2, 0.25) is 0 Å². The molecule has 3 aliphatic rings. The number of rotatable bonds is 4. The summed E-state index contributed by atoms with van der Waals surface area (Å²) in [6, 6.07) is 9.68. The van der Waals surface area contributed by atoms with Crippen LogP contribution in [0.2, 0.25) is 0 Å². The van der Waals surface area contributed by atoms with E-state index in [1.54, 1.807) is 0 Å². The summed E-state index contributed by atoms with van der Waals surface area (Å²) in [5.74, 6) is -0.205. The van der Waals surface area contributed by atoms with E-state index in [-0.39, 0.29) is 23.0 Å². The number of esters is 1. The third-order valence-corrected chi connectivity index (χ3v) is 6.89. The van der Waals surface area contributed by atoms with Gasteiger partial charge in [-0.2, -0.15) is 0 Å². The Morgan fingerprint density at radius 1 is 1.11 bits per heavy atom. The highest BCUT2D eigenvalue weighted by atomic mass is 19.1. The molecule has 1 aromatic carbocycles. The zero-order chi connectivity index (χ0) is 20.2. The first-order chi connectivity index (χ1) is 13.1. The van der Waals surface area contributed by atoms with E-state index in [9.17, 15) is 9.18 Å².